The Balaban J connectivity index is 2.02. The van der Waals surface area contributed by atoms with Crippen molar-refractivity contribution in [1.82, 2.24) is 0 Å². The molecule has 1 unspecified atom stereocenters. The molecule has 3 N–H and O–H groups in total. The molecular weight excluding hydrogens is 269 g/mol. The van der Waals surface area contributed by atoms with E-state index in [1.807, 2.05) is 30.3 Å². The number of nitrogens with two attached hydrogens (primary N) is 1. The van der Waals surface area contributed by atoms with Crippen molar-refractivity contribution in [3.63, 3.8) is 0 Å². The van der Waals surface area contributed by atoms with E-state index in [1.54, 1.807) is 11.0 Å². The van der Waals surface area contributed by atoms with Crippen molar-refractivity contribution in [3.8, 4) is 0 Å². The lowest BCUT2D eigenvalue weighted by Gasteiger charge is -2.24. The van der Waals surface area contributed by atoms with E-state index in [9.17, 15) is 9.18 Å². The summed E-state index contributed by atoms with van der Waals surface area (Å²) in [5.74, 6) is -0.590. The minimum Gasteiger partial charge on any atom is -0.381 e. The highest BCUT2D eigenvalue weighted by Crippen LogP contribution is 2.30. The largest absolute Gasteiger partial charge is 0.381 e. The summed E-state index contributed by atoms with van der Waals surface area (Å²) in [6, 6.07) is 13.3. The molecule has 0 aliphatic carbocycles. The number of fused-ring (bicyclic) bond motifs is 1. The van der Waals surface area contributed by atoms with Crippen molar-refractivity contribution in [2.24, 2.45) is 5.73 Å². The van der Waals surface area contributed by atoms with Gasteiger partial charge in [-0.05, 0) is 23.8 Å². The molecule has 108 valence electrons. The molecule has 1 amide bonds. The maximum Gasteiger partial charge on any atom is 0.246 e. The number of halogens is 1. The van der Waals surface area contributed by atoms with Crippen molar-refractivity contribution < 1.29 is 9.18 Å². The molecule has 0 bridgehead atoms. The summed E-state index contributed by atoms with van der Waals surface area (Å²) in [6.45, 7) is 0.703. The van der Waals surface area contributed by atoms with E-state index in [0.29, 0.717) is 24.5 Å². The van der Waals surface area contributed by atoms with Gasteiger partial charge in [0, 0.05) is 6.54 Å². The number of rotatable bonds is 2. The third-order valence-electron chi connectivity index (χ3n) is 3.53. The highest BCUT2D eigenvalue weighted by atomic mass is 19.1. The molecule has 0 radical (unpaired) electrons. The fourth-order valence-corrected chi connectivity index (χ4v) is 2.43. The Morgan fingerprint density at radius 2 is 2.00 bits per heavy atom. The predicted molar refractivity (Wildman–Crippen MR) is 80.5 cm³/mol. The molecule has 0 spiro atoms. The number of benzene rings is 2. The summed E-state index contributed by atoms with van der Waals surface area (Å²) in [5.41, 5.74) is 8.10. The average molecular weight is 285 g/mol. The fraction of sp³-hybridized carbons (Fsp3) is 0.188. The van der Waals surface area contributed by atoms with E-state index >= 15 is 0 Å². The number of nitrogens with one attached hydrogen (secondary N) is 1. The lowest BCUT2D eigenvalue weighted by atomic mass is 10.1. The van der Waals surface area contributed by atoms with Crippen LogP contribution in [0.2, 0.25) is 0 Å². The smallest absolute Gasteiger partial charge is 0.246 e. The Labute approximate surface area is 122 Å². The second kappa shape index (κ2) is 5.54. The van der Waals surface area contributed by atoms with Crippen LogP contribution in [0.15, 0.2) is 48.5 Å². The van der Waals surface area contributed by atoms with Crippen LogP contribution in [0.4, 0.5) is 15.8 Å². The third kappa shape index (κ3) is 2.73. The van der Waals surface area contributed by atoms with E-state index in [0.717, 1.165) is 5.56 Å². The van der Waals surface area contributed by atoms with Gasteiger partial charge in [-0.15, -0.1) is 0 Å². The Kier molecular flexibility index (Phi) is 3.58. The van der Waals surface area contributed by atoms with Gasteiger partial charge in [-0.3, -0.25) is 4.79 Å². The van der Waals surface area contributed by atoms with Crippen molar-refractivity contribution in [2.75, 3.05) is 16.8 Å². The molecule has 0 saturated heterocycles. The lowest BCUT2D eigenvalue weighted by molar-refractivity contribution is -0.119. The van der Waals surface area contributed by atoms with Gasteiger partial charge in [0.1, 0.15) is 11.9 Å². The Morgan fingerprint density at radius 3 is 2.76 bits per heavy atom. The second-order valence-electron chi connectivity index (χ2n) is 5.06. The maximum absolute atomic E-state index is 13.6. The summed E-state index contributed by atoms with van der Waals surface area (Å²) < 4.78 is 13.6. The Hall–Kier alpha value is -2.40. The predicted octanol–water partition coefficient (Wildman–Crippen LogP) is 2.11. The molecule has 0 fully saturated rings. The van der Waals surface area contributed by atoms with Gasteiger partial charge in [-0.2, -0.15) is 0 Å². The molecular formula is C16H16FN3O. The number of anilines is 2. The third-order valence-corrected chi connectivity index (χ3v) is 3.53. The molecule has 2 aromatic rings. The first kappa shape index (κ1) is 13.6. The van der Waals surface area contributed by atoms with E-state index < -0.39 is 6.04 Å². The van der Waals surface area contributed by atoms with Crippen molar-refractivity contribution >= 4 is 17.3 Å². The first-order valence-corrected chi connectivity index (χ1v) is 6.79. The van der Waals surface area contributed by atoms with Crippen LogP contribution in [0.25, 0.3) is 0 Å². The average Bonchev–Trinajstić information content (AvgIpc) is 2.61. The van der Waals surface area contributed by atoms with Crippen molar-refractivity contribution in [2.45, 2.75) is 12.6 Å². The molecule has 4 nitrogen and oxygen atoms in total. The molecule has 2 aromatic carbocycles. The van der Waals surface area contributed by atoms with Gasteiger partial charge >= 0.3 is 0 Å². The van der Waals surface area contributed by atoms with E-state index in [4.69, 9.17) is 5.73 Å². The summed E-state index contributed by atoms with van der Waals surface area (Å²) in [7, 11) is 0. The molecule has 5 heteroatoms. The molecule has 0 saturated carbocycles. The lowest BCUT2D eigenvalue weighted by Crippen LogP contribution is -2.45. The molecule has 3 rings (SSSR count). The van der Waals surface area contributed by atoms with Crippen LogP contribution in [0, 0.1) is 5.82 Å². The van der Waals surface area contributed by atoms with Gasteiger partial charge in [0.25, 0.3) is 0 Å². The molecule has 1 aliphatic heterocycles. The van der Waals surface area contributed by atoms with Crippen LogP contribution in [0.5, 0.6) is 0 Å². The van der Waals surface area contributed by atoms with Crippen LogP contribution in [0.1, 0.15) is 5.56 Å². The highest BCUT2D eigenvalue weighted by Gasteiger charge is 2.28. The van der Waals surface area contributed by atoms with Gasteiger partial charge in [-0.25, -0.2) is 4.39 Å². The van der Waals surface area contributed by atoms with Gasteiger partial charge in [0.2, 0.25) is 5.91 Å². The van der Waals surface area contributed by atoms with Crippen LogP contribution >= 0.6 is 0 Å². The van der Waals surface area contributed by atoms with E-state index in [1.165, 1.54) is 12.1 Å². The quantitative estimate of drug-likeness (QED) is 0.888. The molecule has 21 heavy (non-hydrogen) atoms. The minimum atomic E-state index is -0.649. The summed E-state index contributed by atoms with van der Waals surface area (Å²) in [4.78, 5) is 14.0. The SMILES string of the molecule is NC1CNc2ccc(F)cc2N(Cc2ccccc2)C1=O. The fourth-order valence-electron chi connectivity index (χ4n) is 2.43. The Bertz CT molecular complexity index is 660. The monoisotopic (exact) mass is 285 g/mol. The van der Waals surface area contributed by atoms with Crippen molar-refractivity contribution in [1.29, 1.82) is 0 Å². The van der Waals surface area contributed by atoms with Crippen LogP contribution in [-0.2, 0) is 11.3 Å². The number of carbonyl (C=O) groups excluding carboxylic acids is 1. The summed E-state index contributed by atoms with van der Waals surface area (Å²) in [5, 5.41) is 3.09. The van der Waals surface area contributed by atoms with Gasteiger partial charge in [-0.1, -0.05) is 30.3 Å². The number of carbonyl (C=O) groups is 1. The Morgan fingerprint density at radius 1 is 1.24 bits per heavy atom. The highest BCUT2D eigenvalue weighted by molar-refractivity contribution is 6.01. The zero-order valence-corrected chi connectivity index (χ0v) is 11.4. The number of amides is 1. The van der Waals surface area contributed by atoms with Gasteiger partial charge < -0.3 is 16.0 Å². The van der Waals surface area contributed by atoms with Crippen LogP contribution in [-0.4, -0.2) is 18.5 Å². The first-order chi connectivity index (χ1) is 10.1. The molecule has 1 aliphatic rings. The van der Waals surface area contributed by atoms with Crippen LogP contribution in [0.3, 0.4) is 0 Å². The number of nitrogens with zero attached hydrogens (tertiary/aromatic N) is 1. The zero-order valence-electron chi connectivity index (χ0n) is 11.4. The zero-order chi connectivity index (χ0) is 14.8. The topological polar surface area (TPSA) is 58.4 Å². The van der Waals surface area contributed by atoms with E-state index in [2.05, 4.69) is 5.32 Å². The summed E-state index contributed by atoms with van der Waals surface area (Å²) >= 11 is 0. The standard InChI is InChI=1S/C16H16FN3O/c17-12-6-7-14-15(8-12)20(16(21)13(18)9-19-14)10-11-4-2-1-3-5-11/h1-8,13,19H,9-10,18H2. The van der Waals surface area contributed by atoms with Gasteiger partial charge in [0.05, 0.1) is 17.9 Å². The molecule has 1 atom stereocenters. The second-order valence-corrected chi connectivity index (χ2v) is 5.06. The van der Waals surface area contributed by atoms with Crippen molar-refractivity contribution in [3.05, 3.63) is 59.9 Å². The van der Waals surface area contributed by atoms with E-state index in [-0.39, 0.29) is 11.7 Å². The first-order valence-electron chi connectivity index (χ1n) is 6.79. The molecule has 1 heterocycles. The minimum absolute atomic E-state index is 0.212. The van der Waals surface area contributed by atoms with Gasteiger partial charge in [0.15, 0.2) is 0 Å². The number of hydrogen-bond donors (Lipinski definition) is 2. The normalized spacial score (nSPS) is 17.9. The number of hydrogen-bond acceptors (Lipinski definition) is 3. The molecule has 0 aromatic heterocycles. The maximum atomic E-state index is 13.6. The van der Waals surface area contributed by atoms with Crippen LogP contribution < -0.4 is 16.0 Å². The summed E-state index contributed by atoms with van der Waals surface area (Å²) in [6.07, 6.45) is 0.